The first-order valence-electron chi connectivity index (χ1n) is 7.52. The van der Waals surface area contributed by atoms with Crippen LogP contribution in [0.3, 0.4) is 0 Å². The number of hydrogen-bond donors (Lipinski definition) is 3. The second-order valence-electron chi connectivity index (χ2n) is 5.66. The van der Waals surface area contributed by atoms with Crippen molar-refractivity contribution in [2.75, 3.05) is 5.75 Å². The highest BCUT2D eigenvalue weighted by Gasteiger charge is 2.51. The quantitative estimate of drug-likeness (QED) is 0.329. The van der Waals surface area contributed by atoms with E-state index in [1.165, 1.54) is 16.7 Å². The SMILES string of the molecule is Cl.NC(=O)c1cc[n+](C/C=C/C2=C(C(=O)O)N3C(=O)[C@@H](N)[C@H]3SC2)cc1.[Cl-]. The number of hydrogen-bond acceptors (Lipinski definition) is 5. The molecule has 3 rings (SSSR count). The first kappa shape index (κ1) is 23.0. The maximum Gasteiger partial charge on any atom is 0.352 e. The van der Waals surface area contributed by atoms with E-state index in [-0.39, 0.29) is 41.8 Å². The summed E-state index contributed by atoms with van der Waals surface area (Å²) in [5.41, 5.74) is 11.9. The van der Waals surface area contributed by atoms with Gasteiger partial charge in [-0.2, -0.15) is 0 Å². The minimum absolute atomic E-state index is 0. The molecule has 0 bridgehead atoms. The number of aliphatic carboxylic acids is 1. The predicted octanol–water partition coefficient (Wildman–Crippen LogP) is -3.36. The maximum absolute atomic E-state index is 11.9. The van der Waals surface area contributed by atoms with Crippen molar-refractivity contribution in [1.82, 2.24) is 4.90 Å². The van der Waals surface area contributed by atoms with E-state index >= 15 is 0 Å². The molecule has 146 valence electrons. The van der Waals surface area contributed by atoms with Crippen LogP contribution >= 0.6 is 24.2 Å². The topological polar surface area (TPSA) is 131 Å². The Morgan fingerprint density at radius 1 is 1.37 bits per heavy atom. The summed E-state index contributed by atoms with van der Waals surface area (Å²) in [5, 5.41) is 9.15. The van der Waals surface area contributed by atoms with Crippen molar-refractivity contribution in [3.8, 4) is 0 Å². The second kappa shape index (κ2) is 9.23. The number of thioether (sulfide) groups is 1. The van der Waals surface area contributed by atoms with E-state index in [1.54, 1.807) is 36.7 Å². The van der Waals surface area contributed by atoms with Gasteiger partial charge in [0, 0.05) is 17.9 Å². The molecule has 0 saturated carbocycles. The number of halogens is 2. The van der Waals surface area contributed by atoms with E-state index in [0.717, 1.165) is 0 Å². The maximum atomic E-state index is 11.9. The zero-order valence-corrected chi connectivity index (χ0v) is 16.3. The van der Waals surface area contributed by atoms with Gasteiger partial charge in [0.2, 0.25) is 11.8 Å². The standard InChI is InChI=1S/C16H16N4O4S.2ClH/c17-11-14(22)20-12(16(23)24)10(8-25-15(11)20)2-1-5-19-6-3-9(4-7-19)13(18)21;;/h1-4,6-7,11,15H,5,8,17H2,(H2-,18,21,23,24);2*1H/b2-1+;;/t11-,15-;;/m1../s1. The normalized spacial score (nSPS) is 21.1. The molecule has 0 spiro atoms. The molecule has 0 unspecified atom stereocenters. The molecule has 1 aromatic rings. The van der Waals surface area contributed by atoms with Gasteiger partial charge in [0.1, 0.15) is 17.1 Å². The largest absolute Gasteiger partial charge is 1.00 e. The van der Waals surface area contributed by atoms with E-state index in [2.05, 4.69) is 0 Å². The summed E-state index contributed by atoms with van der Waals surface area (Å²) in [6.45, 7) is 0.483. The molecular formula is C16H18Cl2N4O4S. The molecule has 0 radical (unpaired) electrons. The molecule has 0 aromatic carbocycles. The van der Waals surface area contributed by atoms with Gasteiger partial charge in [0.05, 0.1) is 5.56 Å². The molecule has 11 heteroatoms. The number of carbonyl (C=O) groups excluding carboxylic acids is 2. The first-order valence-corrected chi connectivity index (χ1v) is 8.57. The van der Waals surface area contributed by atoms with E-state index in [0.29, 0.717) is 23.4 Å². The van der Waals surface area contributed by atoms with Gasteiger partial charge in [0.25, 0.3) is 0 Å². The van der Waals surface area contributed by atoms with E-state index in [1.807, 2.05) is 4.57 Å². The van der Waals surface area contributed by atoms with Gasteiger partial charge in [-0.15, -0.1) is 24.2 Å². The van der Waals surface area contributed by atoms with Crippen LogP contribution in [0.2, 0.25) is 0 Å². The minimum Gasteiger partial charge on any atom is -1.00 e. The summed E-state index contributed by atoms with van der Waals surface area (Å²) in [6.07, 6.45) is 6.92. The van der Waals surface area contributed by atoms with Gasteiger partial charge in [-0.3, -0.25) is 14.5 Å². The Morgan fingerprint density at radius 3 is 2.56 bits per heavy atom. The zero-order chi connectivity index (χ0) is 18.1. The number of β-lactam (4-membered cyclic amide) rings is 1. The third-order valence-electron chi connectivity index (χ3n) is 4.05. The van der Waals surface area contributed by atoms with Gasteiger partial charge in [-0.1, -0.05) is 6.08 Å². The summed E-state index contributed by atoms with van der Waals surface area (Å²) in [6, 6.07) is 2.59. The number of carbonyl (C=O) groups is 3. The van der Waals surface area contributed by atoms with Crippen LogP contribution in [0.25, 0.3) is 0 Å². The molecule has 27 heavy (non-hydrogen) atoms. The van der Waals surface area contributed by atoms with Crippen molar-refractivity contribution in [1.29, 1.82) is 0 Å². The third kappa shape index (κ3) is 4.44. The summed E-state index contributed by atoms with van der Waals surface area (Å²) in [7, 11) is 0. The monoisotopic (exact) mass is 432 g/mol. The van der Waals surface area contributed by atoms with Crippen molar-refractivity contribution >= 4 is 42.0 Å². The fraction of sp³-hybridized carbons (Fsp3) is 0.250. The molecule has 0 aliphatic carbocycles. The van der Waals surface area contributed by atoms with E-state index in [9.17, 15) is 19.5 Å². The Labute approximate surface area is 172 Å². The molecular weight excluding hydrogens is 415 g/mol. The summed E-state index contributed by atoms with van der Waals surface area (Å²) < 4.78 is 1.81. The Bertz CT molecular complexity index is 813. The van der Waals surface area contributed by atoms with Gasteiger partial charge in [-0.25, -0.2) is 9.36 Å². The van der Waals surface area contributed by atoms with Crippen LogP contribution in [0.5, 0.6) is 0 Å². The molecule has 2 atom stereocenters. The number of amides is 2. The number of carboxylic acid groups (broad SMARTS) is 1. The number of carboxylic acids is 1. The number of rotatable bonds is 5. The van der Waals surface area contributed by atoms with Gasteiger partial charge < -0.3 is 29.0 Å². The highest BCUT2D eigenvalue weighted by Crippen LogP contribution is 2.39. The van der Waals surface area contributed by atoms with Crippen LogP contribution in [0.15, 0.2) is 47.9 Å². The number of primary amides is 1. The van der Waals surface area contributed by atoms with Crippen LogP contribution in [0, 0.1) is 0 Å². The van der Waals surface area contributed by atoms with Crippen molar-refractivity contribution in [3.05, 3.63) is 53.5 Å². The van der Waals surface area contributed by atoms with Crippen molar-refractivity contribution in [3.63, 3.8) is 0 Å². The van der Waals surface area contributed by atoms with Crippen molar-refractivity contribution < 1.29 is 36.5 Å². The third-order valence-corrected chi connectivity index (χ3v) is 5.38. The Morgan fingerprint density at radius 2 is 2.00 bits per heavy atom. The minimum atomic E-state index is -1.14. The molecule has 2 aliphatic heterocycles. The van der Waals surface area contributed by atoms with Crippen LogP contribution in [-0.2, 0) is 16.1 Å². The van der Waals surface area contributed by atoms with Gasteiger partial charge >= 0.3 is 5.97 Å². The number of pyridine rings is 1. The number of allylic oxidation sites excluding steroid dienone is 2. The number of aromatic nitrogens is 1. The van der Waals surface area contributed by atoms with Crippen molar-refractivity contribution in [2.24, 2.45) is 11.5 Å². The second-order valence-corrected chi connectivity index (χ2v) is 6.77. The smallest absolute Gasteiger partial charge is 0.352 e. The molecule has 1 aromatic heterocycles. The highest BCUT2D eigenvalue weighted by molar-refractivity contribution is 8.00. The lowest BCUT2D eigenvalue weighted by Gasteiger charge is -2.47. The van der Waals surface area contributed by atoms with Crippen LogP contribution in [0.1, 0.15) is 10.4 Å². The lowest BCUT2D eigenvalue weighted by atomic mass is 10.0. The van der Waals surface area contributed by atoms with Crippen LogP contribution in [0.4, 0.5) is 0 Å². The van der Waals surface area contributed by atoms with Gasteiger partial charge in [0.15, 0.2) is 18.9 Å². The fourth-order valence-electron chi connectivity index (χ4n) is 2.73. The Hall–Kier alpha value is -2.07. The Kier molecular flexibility index (Phi) is 7.85. The molecule has 2 aliphatic rings. The molecule has 5 N–H and O–H groups in total. The highest BCUT2D eigenvalue weighted by atomic mass is 35.5. The molecule has 3 heterocycles. The lowest BCUT2D eigenvalue weighted by molar-refractivity contribution is -0.687. The molecule has 1 saturated heterocycles. The predicted molar refractivity (Wildman–Crippen MR) is 97.3 cm³/mol. The summed E-state index contributed by atoms with van der Waals surface area (Å²) in [5.74, 6) is -1.52. The zero-order valence-electron chi connectivity index (χ0n) is 13.9. The van der Waals surface area contributed by atoms with E-state index < -0.39 is 17.9 Å². The lowest BCUT2D eigenvalue weighted by Crippen LogP contribution is -3.00. The average molecular weight is 433 g/mol. The number of nitrogens with zero attached hydrogens (tertiary/aromatic N) is 2. The summed E-state index contributed by atoms with van der Waals surface area (Å²) >= 11 is 1.45. The summed E-state index contributed by atoms with van der Waals surface area (Å²) in [4.78, 5) is 35.7. The number of fused-ring (bicyclic) bond motifs is 1. The van der Waals surface area contributed by atoms with Crippen LogP contribution < -0.4 is 28.4 Å². The van der Waals surface area contributed by atoms with Gasteiger partial charge in [-0.05, 0) is 11.6 Å². The fourth-order valence-corrected chi connectivity index (χ4v) is 3.99. The number of nitrogens with two attached hydrogens (primary N) is 2. The average Bonchev–Trinajstić information content (AvgIpc) is 2.60. The Balaban J connectivity index is 0.00000182. The first-order chi connectivity index (χ1) is 11.9. The molecule has 1 fully saturated rings. The molecule has 2 amide bonds. The van der Waals surface area contributed by atoms with Crippen molar-refractivity contribution in [2.45, 2.75) is 18.0 Å². The molecule has 8 nitrogen and oxygen atoms in total. The van der Waals surface area contributed by atoms with Crippen LogP contribution in [-0.4, -0.2) is 45.0 Å². The van der Waals surface area contributed by atoms with E-state index in [4.69, 9.17) is 11.5 Å².